The number of aliphatic carboxylic acids is 1. The molecule has 0 radical (unpaired) electrons. The molecule has 0 saturated heterocycles. The van der Waals surface area contributed by atoms with Crippen LogP contribution in [0.1, 0.15) is 18.4 Å². The Hall–Kier alpha value is -2.38. The minimum absolute atomic E-state index is 0.0151. The van der Waals surface area contributed by atoms with Gasteiger partial charge in [-0.1, -0.05) is 41.9 Å². The zero-order valence-electron chi connectivity index (χ0n) is 12.5. The van der Waals surface area contributed by atoms with Gasteiger partial charge in [-0.3, -0.25) is 4.79 Å². The summed E-state index contributed by atoms with van der Waals surface area (Å²) in [7, 11) is -3.86. The fraction of sp³-hybridized carbons (Fsp3) is 0.125. The third kappa shape index (κ3) is 5.07. The number of benzene rings is 2. The highest BCUT2D eigenvalue weighted by molar-refractivity contribution is 7.89. The van der Waals surface area contributed by atoms with Crippen LogP contribution in [0.3, 0.4) is 0 Å². The average Bonchev–Trinajstić information content (AvgIpc) is 2.56. The second kappa shape index (κ2) is 7.94. The van der Waals surface area contributed by atoms with Crippen LogP contribution in [0.2, 0.25) is 5.02 Å². The van der Waals surface area contributed by atoms with E-state index < -0.39 is 16.0 Å². The van der Waals surface area contributed by atoms with E-state index in [2.05, 4.69) is 9.93 Å². The van der Waals surface area contributed by atoms with E-state index in [1.165, 1.54) is 24.3 Å². The first-order chi connectivity index (χ1) is 11.4. The van der Waals surface area contributed by atoms with Crippen LogP contribution in [0.15, 0.2) is 64.6 Å². The van der Waals surface area contributed by atoms with Gasteiger partial charge in [0.05, 0.1) is 17.0 Å². The molecule has 0 unspecified atom stereocenters. The van der Waals surface area contributed by atoms with Crippen molar-refractivity contribution in [3.8, 4) is 0 Å². The van der Waals surface area contributed by atoms with Crippen LogP contribution >= 0.6 is 11.6 Å². The van der Waals surface area contributed by atoms with Crippen molar-refractivity contribution in [3.63, 3.8) is 0 Å². The molecule has 2 aromatic carbocycles. The number of sulfonamides is 1. The fourth-order valence-electron chi connectivity index (χ4n) is 1.90. The highest BCUT2D eigenvalue weighted by atomic mass is 35.5. The van der Waals surface area contributed by atoms with Crippen molar-refractivity contribution in [1.29, 1.82) is 0 Å². The first kappa shape index (κ1) is 18.0. The molecule has 6 nitrogen and oxygen atoms in total. The van der Waals surface area contributed by atoms with Crippen molar-refractivity contribution >= 4 is 33.3 Å². The highest BCUT2D eigenvalue weighted by Gasteiger charge is 2.14. The highest BCUT2D eigenvalue weighted by Crippen LogP contribution is 2.14. The van der Waals surface area contributed by atoms with E-state index in [1.807, 2.05) is 0 Å². The summed E-state index contributed by atoms with van der Waals surface area (Å²) in [6.07, 6.45) is -0.0567. The SMILES string of the molecule is O=C(O)CC/C(=N\NS(=O)(=O)c1ccc(Cl)cc1)c1ccccc1. The average molecular weight is 367 g/mol. The molecule has 24 heavy (non-hydrogen) atoms. The van der Waals surface area contributed by atoms with E-state index >= 15 is 0 Å². The molecule has 0 fully saturated rings. The molecule has 2 N–H and O–H groups in total. The molecule has 0 amide bonds. The zero-order chi connectivity index (χ0) is 17.6. The molecule has 0 atom stereocenters. The molecule has 0 aliphatic rings. The Morgan fingerprint density at radius 3 is 2.25 bits per heavy atom. The van der Waals surface area contributed by atoms with Crippen LogP contribution in [0.5, 0.6) is 0 Å². The maximum atomic E-state index is 12.2. The lowest BCUT2D eigenvalue weighted by Crippen LogP contribution is -2.21. The normalized spacial score (nSPS) is 12.0. The predicted molar refractivity (Wildman–Crippen MR) is 91.6 cm³/mol. The standard InChI is InChI=1S/C16H15ClN2O4S/c17-13-6-8-14(9-7-13)24(22,23)19-18-15(10-11-16(20)21)12-4-2-1-3-5-12/h1-9,19H,10-11H2,(H,20,21)/b18-15+. The molecule has 2 aromatic rings. The Labute approximate surface area is 144 Å². The maximum absolute atomic E-state index is 12.2. The Morgan fingerprint density at radius 2 is 1.67 bits per heavy atom. The monoisotopic (exact) mass is 366 g/mol. The Bertz CT molecular complexity index is 834. The summed E-state index contributed by atoms with van der Waals surface area (Å²) in [5, 5.41) is 13.2. The summed E-state index contributed by atoms with van der Waals surface area (Å²) in [5.41, 5.74) is 0.994. The van der Waals surface area contributed by atoms with Crippen molar-refractivity contribution in [2.24, 2.45) is 5.10 Å². The summed E-state index contributed by atoms with van der Waals surface area (Å²) < 4.78 is 24.5. The van der Waals surface area contributed by atoms with E-state index in [9.17, 15) is 13.2 Å². The second-order valence-corrected chi connectivity index (χ2v) is 6.96. The van der Waals surface area contributed by atoms with Crippen molar-refractivity contribution in [2.75, 3.05) is 0 Å². The Balaban J connectivity index is 2.25. The lowest BCUT2D eigenvalue weighted by Gasteiger charge is -2.08. The Morgan fingerprint density at radius 1 is 1.04 bits per heavy atom. The lowest BCUT2D eigenvalue weighted by atomic mass is 10.1. The van der Waals surface area contributed by atoms with Crippen molar-refractivity contribution < 1.29 is 18.3 Å². The van der Waals surface area contributed by atoms with E-state index in [-0.39, 0.29) is 17.7 Å². The lowest BCUT2D eigenvalue weighted by molar-refractivity contribution is -0.136. The van der Waals surface area contributed by atoms with E-state index in [1.54, 1.807) is 30.3 Å². The summed E-state index contributed by atoms with van der Waals surface area (Å²) in [5.74, 6) is -0.987. The molecule has 0 spiro atoms. The van der Waals surface area contributed by atoms with Gasteiger partial charge in [0.25, 0.3) is 10.0 Å². The topological polar surface area (TPSA) is 95.8 Å². The van der Waals surface area contributed by atoms with Crippen molar-refractivity contribution in [1.82, 2.24) is 4.83 Å². The third-order valence-corrected chi connectivity index (χ3v) is 4.58. The van der Waals surface area contributed by atoms with Gasteiger partial charge in [-0.15, -0.1) is 0 Å². The second-order valence-electron chi connectivity index (χ2n) is 4.87. The minimum atomic E-state index is -3.86. The maximum Gasteiger partial charge on any atom is 0.303 e. The quantitative estimate of drug-likeness (QED) is 0.581. The summed E-state index contributed by atoms with van der Waals surface area (Å²) in [4.78, 5) is 12.9. The molecule has 0 saturated carbocycles. The molecule has 0 heterocycles. The number of carboxylic acids is 1. The van der Waals surface area contributed by atoms with E-state index in [4.69, 9.17) is 16.7 Å². The van der Waals surface area contributed by atoms with Crippen LogP contribution in [0.25, 0.3) is 0 Å². The molecule has 126 valence electrons. The van der Waals surface area contributed by atoms with Gasteiger partial charge < -0.3 is 5.11 Å². The van der Waals surface area contributed by atoms with Gasteiger partial charge in [0.1, 0.15) is 0 Å². The molecular formula is C16H15ClN2O4S. The van der Waals surface area contributed by atoms with Crippen LogP contribution in [-0.2, 0) is 14.8 Å². The van der Waals surface area contributed by atoms with Gasteiger partial charge in [0.2, 0.25) is 0 Å². The summed E-state index contributed by atoms with van der Waals surface area (Å²) in [6.45, 7) is 0. The van der Waals surface area contributed by atoms with Gasteiger partial charge >= 0.3 is 5.97 Å². The van der Waals surface area contributed by atoms with Crippen LogP contribution in [-0.4, -0.2) is 25.2 Å². The van der Waals surface area contributed by atoms with Crippen LogP contribution < -0.4 is 4.83 Å². The Kier molecular flexibility index (Phi) is 5.94. The molecular weight excluding hydrogens is 352 g/mol. The van der Waals surface area contributed by atoms with Crippen LogP contribution in [0, 0.1) is 0 Å². The molecule has 0 bridgehead atoms. The zero-order valence-corrected chi connectivity index (χ0v) is 14.1. The number of halogens is 1. The fourth-order valence-corrected chi connectivity index (χ4v) is 2.86. The van der Waals surface area contributed by atoms with Gasteiger partial charge in [-0.2, -0.15) is 18.4 Å². The molecule has 8 heteroatoms. The molecule has 0 aliphatic heterocycles. The third-order valence-electron chi connectivity index (χ3n) is 3.11. The number of nitrogens with one attached hydrogen (secondary N) is 1. The number of hydrogen-bond acceptors (Lipinski definition) is 4. The van der Waals surface area contributed by atoms with Gasteiger partial charge in [0, 0.05) is 11.4 Å². The molecule has 0 aliphatic carbocycles. The van der Waals surface area contributed by atoms with Crippen LogP contribution in [0.4, 0.5) is 0 Å². The largest absolute Gasteiger partial charge is 0.481 e. The van der Waals surface area contributed by atoms with Gasteiger partial charge in [0.15, 0.2) is 0 Å². The van der Waals surface area contributed by atoms with E-state index in [0.717, 1.165) is 0 Å². The number of hydrogen-bond donors (Lipinski definition) is 2. The summed E-state index contributed by atoms with van der Waals surface area (Å²) >= 11 is 5.74. The van der Waals surface area contributed by atoms with Gasteiger partial charge in [-0.05, 0) is 29.8 Å². The van der Waals surface area contributed by atoms with Crippen molar-refractivity contribution in [3.05, 3.63) is 65.2 Å². The number of nitrogens with zero attached hydrogens (tertiary/aromatic N) is 1. The summed E-state index contributed by atoms with van der Waals surface area (Å²) in [6, 6.07) is 14.4. The molecule has 0 aromatic heterocycles. The number of carboxylic acid groups (broad SMARTS) is 1. The first-order valence-electron chi connectivity index (χ1n) is 6.99. The number of carbonyl (C=O) groups is 1. The van der Waals surface area contributed by atoms with Gasteiger partial charge in [-0.25, -0.2) is 0 Å². The number of hydrazone groups is 1. The minimum Gasteiger partial charge on any atom is -0.481 e. The van der Waals surface area contributed by atoms with Crippen molar-refractivity contribution in [2.45, 2.75) is 17.7 Å². The predicted octanol–water partition coefficient (Wildman–Crippen LogP) is 2.89. The first-order valence-corrected chi connectivity index (χ1v) is 8.86. The number of rotatable bonds is 7. The smallest absolute Gasteiger partial charge is 0.303 e. The van der Waals surface area contributed by atoms with E-state index in [0.29, 0.717) is 16.3 Å². The molecule has 2 rings (SSSR count).